The smallest absolute Gasteiger partial charge is 0.292 e. The fourth-order valence-corrected chi connectivity index (χ4v) is 6.66. The van der Waals surface area contributed by atoms with Gasteiger partial charge in [0.25, 0.3) is 6.01 Å². The third-order valence-corrected chi connectivity index (χ3v) is 8.34. The summed E-state index contributed by atoms with van der Waals surface area (Å²) in [5.41, 5.74) is 14.9. The molecule has 0 amide bonds. The van der Waals surface area contributed by atoms with E-state index in [-0.39, 0.29) is 36.1 Å². The molecule has 0 radical (unpaired) electrons. The molecule has 4 rings (SSSR count). The van der Waals surface area contributed by atoms with E-state index in [0.717, 1.165) is 0 Å². The number of primary sulfonamides is 1. The van der Waals surface area contributed by atoms with Crippen LogP contribution >= 0.6 is 0 Å². The number of amidine groups is 1. The van der Waals surface area contributed by atoms with Crippen LogP contribution in [0.3, 0.4) is 0 Å². The van der Waals surface area contributed by atoms with Crippen LogP contribution in [0.5, 0.6) is 0 Å². The Morgan fingerprint density at radius 1 is 1.19 bits per heavy atom. The van der Waals surface area contributed by atoms with Crippen LogP contribution < -0.4 is 33.3 Å². The van der Waals surface area contributed by atoms with Gasteiger partial charge in [-0.2, -0.15) is 4.98 Å². The van der Waals surface area contributed by atoms with E-state index in [1.807, 2.05) is 5.53 Å². The number of hydrazone groups is 1. The molecule has 2 heterocycles. The van der Waals surface area contributed by atoms with Gasteiger partial charge in [-0.25, -0.2) is 33.4 Å². The molecule has 3 aromatic rings. The number of sulfonamides is 1. The van der Waals surface area contributed by atoms with Crippen LogP contribution in [0.1, 0.15) is 5.56 Å². The molecule has 2 aromatic carbocycles. The highest BCUT2D eigenvalue weighted by Gasteiger charge is 2.38. The molecule has 0 atom stereocenters. The molecule has 1 aliphatic heterocycles. The highest BCUT2D eigenvalue weighted by atomic mass is 32.2. The number of hydrazine groups is 1. The zero-order chi connectivity index (χ0) is 23.3. The summed E-state index contributed by atoms with van der Waals surface area (Å²) in [6, 6.07) is 7.32. The van der Waals surface area contributed by atoms with Crippen molar-refractivity contribution in [1.82, 2.24) is 15.8 Å². The van der Waals surface area contributed by atoms with Crippen LogP contribution in [-0.2, 0) is 19.9 Å². The predicted molar refractivity (Wildman–Crippen MR) is 117 cm³/mol. The molecule has 0 unspecified atom stereocenters. The van der Waals surface area contributed by atoms with Gasteiger partial charge in [0.1, 0.15) is 10.4 Å². The first-order chi connectivity index (χ1) is 15.0. The zero-order valence-corrected chi connectivity index (χ0v) is 18.1. The molecular weight excluding hydrogens is 460 g/mol. The van der Waals surface area contributed by atoms with Gasteiger partial charge in [-0.15, -0.1) is 5.10 Å². The van der Waals surface area contributed by atoms with Crippen molar-refractivity contribution in [3.8, 4) is 11.1 Å². The highest BCUT2D eigenvalue weighted by Crippen LogP contribution is 2.36. The maximum atomic E-state index is 13.1. The molecule has 170 valence electrons. The van der Waals surface area contributed by atoms with Gasteiger partial charge >= 0.3 is 0 Å². The quantitative estimate of drug-likeness (QED) is 0.103. The predicted octanol–water partition coefficient (Wildman–Crippen LogP) is -1.45. The van der Waals surface area contributed by atoms with Crippen LogP contribution in [-0.4, -0.2) is 46.0 Å². The standard InChI is InChI=1S/C17H20N8O5S2/c18-16(24-25-20)14-10(8-1-3-12-11(5-8)23-17(19)30-12)2-4-13(15(14)32(21,28)29)31(26,27)9-6-22-7-9/h1-5,9,22,25H,6-7,20H2,(H2,18,24)(H2,19,23)(H2,21,28,29). The lowest BCUT2D eigenvalue weighted by Gasteiger charge is -2.28. The molecule has 0 bridgehead atoms. The Morgan fingerprint density at radius 3 is 2.50 bits per heavy atom. The SMILES string of the molecule is NN/N=C(\N)c1c(-c2ccc3oc(N)nc3c2)ccc(S(=O)(=O)C2CNC2)c1S(N)(=O)=O. The topological polar surface area (TPSA) is 235 Å². The lowest BCUT2D eigenvalue weighted by Crippen LogP contribution is -2.51. The molecule has 0 aliphatic carbocycles. The van der Waals surface area contributed by atoms with E-state index in [2.05, 4.69) is 15.4 Å². The van der Waals surface area contributed by atoms with Crippen molar-refractivity contribution in [3.05, 3.63) is 35.9 Å². The summed E-state index contributed by atoms with van der Waals surface area (Å²) in [5, 5.41) is 11.2. The first-order valence-electron chi connectivity index (χ1n) is 9.14. The molecule has 13 nitrogen and oxygen atoms in total. The Labute approximate surface area is 182 Å². The van der Waals surface area contributed by atoms with Crippen LogP contribution in [0.15, 0.2) is 49.6 Å². The molecular formula is C17H20N8O5S2. The maximum Gasteiger partial charge on any atom is 0.292 e. The highest BCUT2D eigenvalue weighted by molar-refractivity contribution is 7.94. The van der Waals surface area contributed by atoms with Gasteiger partial charge in [0, 0.05) is 18.7 Å². The maximum absolute atomic E-state index is 13.1. The number of nitrogens with zero attached hydrogens (tertiary/aromatic N) is 2. The number of benzene rings is 2. The van der Waals surface area contributed by atoms with Crippen LogP contribution in [0.25, 0.3) is 22.2 Å². The number of nitrogens with one attached hydrogen (secondary N) is 2. The Balaban J connectivity index is 2.07. The van der Waals surface area contributed by atoms with E-state index in [1.54, 1.807) is 18.2 Å². The van der Waals surface area contributed by atoms with Crippen LogP contribution in [0.2, 0.25) is 0 Å². The first-order valence-corrected chi connectivity index (χ1v) is 12.2. The average Bonchev–Trinajstić information content (AvgIpc) is 3.03. The Hall–Kier alpha value is -3.24. The summed E-state index contributed by atoms with van der Waals surface area (Å²) in [5.74, 6) is 4.85. The molecule has 1 aliphatic rings. The van der Waals surface area contributed by atoms with E-state index in [9.17, 15) is 16.8 Å². The number of hydrogen-bond acceptors (Lipinski definition) is 11. The van der Waals surface area contributed by atoms with Crippen molar-refractivity contribution < 1.29 is 21.3 Å². The monoisotopic (exact) mass is 480 g/mol. The van der Waals surface area contributed by atoms with Gasteiger partial charge in [-0.3, -0.25) is 0 Å². The number of nitrogen functional groups attached to an aromatic ring is 1. The van der Waals surface area contributed by atoms with Crippen LogP contribution in [0.4, 0.5) is 6.01 Å². The number of hydrogen-bond donors (Lipinski definition) is 6. The van der Waals surface area contributed by atoms with Crippen molar-refractivity contribution >= 4 is 42.8 Å². The molecule has 15 heteroatoms. The minimum Gasteiger partial charge on any atom is -0.424 e. The minimum atomic E-state index is -4.58. The summed E-state index contributed by atoms with van der Waals surface area (Å²) < 4.78 is 56.8. The number of sulfone groups is 1. The number of nitrogens with two attached hydrogens (primary N) is 4. The molecule has 1 aromatic heterocycles. The van der Waals surface area contributed by atoms with Crippen molar-refractivity contribution in [2.45, 2.75) is 15.0 Å². The van der Waals surface area contributed by atoms with Gasteiger partial charge in [-0.1, -0.05) is 12.1 Å². The Morgan fingerprint density at radius 2 is 1.91 bits per heavy atom. The molecule has 1 fully saturated rings. The fourth-order valence-electron chi connectivity index (χ4n) is 3.46. The van der Waals surface area contributed by atoms with Crippen LogP contribution in [0, 0.1) is 0 Å². The zero-order valence-electron chi connectivity index (χ0n) is 16.4. The largest absolute Gasteiger partial charge is 0.424 e. The number of rotatable bonds is 6. The van der Waals surface area contributed by atoms with Gasteiger partial charge in [0.2, 0.25) is 10.0 Å². The summed E-state index contributed by atoms with van der Waals surface area (Å²) in [6.45, 7) is 0.364. The van der Waals surface area contributed by atoms with Crippen molar-refractivity contribution in [3.63, 3.8) is 0 Å². The summed E-state index contributed by atoms with van der Waals surface area (Å²) >= 11 is 0. The summed E-state index contributed by atoms with van der Waals surface area (Å²) in [6.07, 6.45) is 0. The Kier molecular flexibility index (Phi) is 5.30. The van der Waals surface area contributed by atoms with Gasteiger partial charge < -0.3 is 21.2 Å². The van der Waals surface area contributed by atoms with Crippen molar-refractivity contribution in [1.29, 1.82) is 0 Å². The fraction of sp³-hybridized carbons (Fsp3) is 0.176. The second kappa shape index (κ2) is 7.72. The molecule has 1 saturated heterocycles. The van der Waals surface area contributed by atoms with Gasteiger partial charge in [0.05, 0.1) is 10.1 Å². The van der Waals surface area contributed by atoms with E-state index >= 15 is 0 Å². The van der Waals surface area contributed by atoms with E-state index < -0.39 is 34.9 Å². The lowest BCUT2D eigenvalue weighted by atomic mass is 9.98. The second-order valence-corrected chi connectivity index (χ2v) is 10.7. The number of oxazole rings is 1. The summed E-state index contributed by atoms with van der Waals surface area (Å²) in [4.78, 5) is 2.92. The normalized spacial score (nSPS) is 15.6. The minimum absolute atomic E-state index is 0.0495. The lowest BCUT2D eigenvalue weighted by molar-refractivity contribution is 0.493. The molecule has 0 spiro atoms. The number of aromatic nitrogens is 1. The third kappa shape index (κ3) is 3.65. The third-order valence-electron chi connectivity index (χ3n) is 5.05. The van der Waals surface area contributed by atoms with Crippen molar-refractivity contribution in [2.75, 3.05) is 18.8 Å². The number of anilines is 1. The number of fused-ring (bicyclic) bond motifs is 1. The van der Waals surface area contributed by atoms with Gasteiger partial charge in [0.15, 0.2) is 21.3 Å². The molecule has 10 N–H and O–H groups in total. The molecule has 32 heavy (non-hydrogen) atoms. The van der Waals surface area contributed by atoms with Crippen molar-refractivity contribution in [2.24, 2.45) is 21.8 Å². The first kappa shape index (κ1) is 22.0. The summed E-state index contributed by atoms with van der Waals surface area (Å²) in [7, 11) is -8.63. The molecule has 0 saturated carbocycles. The van der Waals surface area contributed by atoms with Gasteiger partial charge in [-0.05, 0) is 29.3 Å². The second-order valence-electron chi connectivity index (χ2n) is 7.05. The Bertz CT molecular complexity index is 1460. The van der Waals surface area contributed by atoms with E-state index in [0.29, 0.717) is 16.7 Å². The average molecular weight is 481 g/mol. The van der Waals surface area contributed by atoms with E-state index in [1.165, 1.54) is 12.1 Å². The van der Waals surface area contributed by atoms with E-state index in [4.69, 9.17) is 26.9 Å².